The highest BCUT2D eigenvalue weighted by Crippen LogP contribution is 2.31. The Morgan fingerprint density at radius 1 is 1.30 bits per heavy atom. The van der Waals surface area contributed by atoms with E-state index in [1.807, 2.05) is 18.5 Å². The zero-order chi connectivity index (χ0) is 13.9. The van der Waals surface area contributed by atoms with Crippen LogP contribution in [0.25, 0.3) is 0 Å². The highest BCUT2D eigenvalue weighted by molar-refractivity contribution is 5.43. The number of nitrogens with one attached hydrogen (secondary N) is 1. The molecule has 1 aliphatic heterocycles. The highest BCUT2D eigenvalue weighted by Gasteiger charge is 2.22. The molecular formula is C17H20N2O. The van der Waals surface area contributed by atoms with Gasteiger partial charge in [0.05, 0.1) is 12.1 Å². The van der Waals surface area contributed by atoms with Gasteiger partial charge >= 0.3 is 0 Å². The molecule has 0 bridgehead atoms. The molecule has 0 saturated carbocycles. The molecule has 104 valence electrons. The van der Waals surface area contributed by atoms with Crippen molar-refractivity contribution in [3.05, 3.63) is 59.4 Å². The lowest BCUT2D eigenvalue weighted by Gasteiger charge is -2.28. The minimum atomic E-state index is 0.196. The molecule has 0 saturated heterocycles. The topological polar surface area (TPSA) is 34.1 Å². The Morgan fingerprint density at radius 3 is 2.95 bits per heavy atom. The summed E-state index contributed by atoms with van der Waals surface area (Å²) in [6, 6.07) is 10.7. The van der Waals surface area contributed by atoms with E-state index in [9.17, 15) is 0 Å². The van der Waals surface area contributed by atoms with Crippen molar-refractivity contribution < 1.29 is 4.74 Å². The minimum Gasteiger partial charge on any atom is -0.491 e. The van der Waals surface area contributed by atoms with Crippen LogP contribution in [0, 0.1) is 0 Å². The molecule has 0 spiro atoms. The van der Waals surface area contributed by atoms with Gasteiger partial charge in [-0.2, -0.15) is 0 Å². The number of fused-ring (bicyclic) bond motifs is 1. The molecule has 1 N–H and O–H groups in total. The molecule has 0 fully saturated rings. The molecule has 3 heteroatoms. The van der Waals surface area contributed by atoms with Crippen molar-refractivity contribution in [3.8, 4) is 5.75 Å². The van der Waals surface area contributed by atoms with Crippen LogP contribution in [-0.2, 0) is 6.42 Å². The molecule has 3 rings (SSSR count). The van der Waals surface area contributed by atoms with Crippen molar-refractivity contribution in [1.82, 2.24) is 10.3 Å². The van der Waals surface area contributed by atoms with Crippen molar-refractivity contribution in [2.45, 2.75) is 32.4 Å². The Balaban J connectivity index is 1.98. The maximum atomic E-state index is 5.82. The van der Waals surface area contributed by atoms with Crippen LogP contribution in [-0.4, -0.2) is 17.6 Å². The second kappa shape index (κ2) is 5.63. The summed E-state index contributed by atoms with van der Waals surface area (Å²) in [5.74, 6) is 0.941. The summed E-state index contributed by atoms with van der Waals surface area (Å²) in [5, 5.41) is 3.58. The van der Waals surface area contributed by atoms with Gasteiger partial charge in [0.1, 0.15) is 5.75 Å². The Bertz CT molecular complexity index is 581. The Labute approximate surface area is 120 Å². The quantitative estimate of drug-likeness (QED) is 0.928. The van der Waals surface area contributed by atoms with Gasteiger partial charge in [-0.05, 0) is 55.2 Å². The van der Waals surface area contributed by atoms with E-state index >= 15 is 0 Å². The lowest BCUT2D eigenvalue weighted by Crippen LogP contribution is -2.30. The summed E-state index contributed by atoms with van der Waals surface area (Å²) in [7, 11) is 0. The van der Waals surface area contributed by atoms with Crippen molar-refractivity contribution in [3.63, 3.8) is 0 Å². The lowest BCUT2D eigenvalue weighted by molar-refractivity contribution is 0.242. The molecule has 1 aromatic heterocycles. The fourth-order valence-corrected chi connectivity index (χ4v) is 2.72. The average Bonchev–Trinajstić information content (AvgIpc) is 2.47. The number of hydrogen-bond donors (Lipinski definition) is 1. The van der Waals surface area contributed by atoms with Crippen LogP contribution in [0.1, 0.15) is 36.6 Å². The average molecular weight is 268 g/mol. The molecule has 20 heavy (non-hydrogen) atoms. The summed E-state index contributed by atoms with van der Waals surface area (Å²) < 4.78 is 5.82. The van der Waals surface area contributed by atoms with E-state index in [0.717, 1.165) is 18.7 Å². The molecule has 1 aromatic carbocycles. The van der Waals surface area contributed by atoms with Crippen molar-refractivity contribution >= 4 is 0 Å². The van der Waals surface area contributed by atoms with E-state index < -0.39 is 0 Å². The predicted octanol–water partition coefficient (Wildman–Crippen LogP) is 3.10. The van der Waals surface area contributed by atoms with Gasteiger partial charge < -0.3 is 10.1 Å². The maximum Gasteiger partial charge on any atom is 0.120 e. The third-order valence-corrected chi connectivity index (χ3v) is 3.56. The Kier molecular flexibility index (Phi) is 3.70. The second-order valence-corrected chi connectivity index (χ2v) is 5.45. The minimum absolute atomic E-state index is 0.196. The summed E-state index contributed by atoms with van der Waals surface area (Å²) >= 11 is 0. The van der Waals surface area contributed by atoms with E-state index in [2.05, 4.69) is 48.4 Å². The molecule has 1 atom stereocenters. The van der Waals surface area contributed by atoms with Crippen molar-refractivity contribution in [1.29, 1.82) is 0 Å². The number of aromatic nitrogens is 1. The third-order valence-electron chi connectivity index (χ3n) is 3.56. The molecule has 3 nitrogen and oxygen atoms in total. The monoisotopic (exact) mass is 268 g/mol. The molecule has 1 aliphatic rings. The zero-order valence-corrected chi connectivity index (χ0v) is 12.0. The Morgan fingerprint density at radius 2 is 2.20 bits per heavy atom. The predicted molar refractivity (Wildman–Crippen MR) is 80.0 cm³/mol. The van der Waals surface area contributed by atoms with Gasteiger partial charge in [0.25, 0.3) is 0 Å². The molecular weight excluding hydrogens is 248 g/mol. The van der Waals surface area contributed by atoms with Crippen LogP contribution in [0.2, 0.25) is 0 Å². The molecule has 0 radical (unpaired) electrons. The van der Waals surface area contributed by atoms with E-state index in [1.165, 1.54) is 16.7 Å². The van der Waals surface area contributed by atoms with E-state index in [0.29, 0.717) is 0 Å². The number of nitrogens with zero attached hydrogens (tertiary/aromatic N) is 1. The lowest BCUT2D eigenvalue weighted by atomic mass is 9.90. The number of pyridine rings is 1. The van der Waals surface area contributed by atoms with Gasteiger partial charge in [-0.25, -0.2) is 0 Å². The number of benzene rings is 1. The van der Waals surface area contributed by atoms with E-state index in [1.54, 1.807) is 0 Å². The van der Waals surface area contributed by atoms with Crippen LogP contribution in [0.15, 0.2) is 42.7 Å². The molecule has 2 aromatic rings. The van der Waals surface area contributed by atoms with Gasteiger partial charge in [-0.1, -0.05) is 12.1 Å². The fraction of sp³-hybridized carbons (Fsp3) is 0.353. The third kappa shape index (κ3) is 2.68. The maximum absolute atomic E-state index is 5.82. The first-order valence-corrected chi connectivity index (χ1v) is 7.17. The van der Waals surface area contributed by atoms with Crippen LogP contribution in [0.5, 0.6) is 5.75 Å². The highest BCUT2D eigenvalue weighted by atomic mass is 16.5. The standard InChI is InChI=1S/C17H20N2O/c1-12(2)20-15-6-5-13-7-9-19-17(16(13)10-15)14-4-3-8-18-11-14/h3-6,8,10-12,17,19H,7,9H2,1-2H3. The summed E-state index contributed by atoms with van der Waals surface area (Å²) in [5.41, 5.74) is 3.91. The van der Waals surface area contributed by atoms with Crippen LogP contribution in [0.3, 0.4) is 0 Å². The first kappa shape index (κ1) is 13.1. The van der Waals surface area contributed by atoms with E-state index in [4.69, 9.17) is 4.74 Å². The van der Waals surface area contributed by atoms with Gasteiger partial charge in [-0.15, -0.1) is 0 Å². The number of rotatable bonds is 3. The van der Waals surface area contributed by atoms with Gasteiger partial charge in [0, 0.05) is 18.9 Å². The van der Waals surface area contributed by atoms with Gasteiger partial charge in [-0.3, -0.25) is 4.98 Å². The SMILES string of the molecule is CC(C)Oc1ccc2c(c1)C(c1cccnc1)NCC2. The first-order valence-electron chi connectivity index (χ1n) is 7.17. The first-order chi connectivity index (χ1) is 9.74. The van der Waals surface area contributed by atoms with Crippen LogP contribution in [0.4, 0.5) is 0 Å². The van der Waals surface area contributed by atoms with Crippen LogP contribution < -0.4 is 10.1 Å². The van der Waals surface area contributed by atoms with Crippen molar-refractivity contribution in [2.75, 3.05) is 6.54 Å². The largest absolute Gasteiger partial charge is 0.491 e. The summed E-state index contributed by atoms with van der Waals surface area (Å²) in [6.45, 7) is 5.10. The summed E-state index contributed by atoms with van der Waals surface area (Å²) in [6.07, 6.45) is 5.00. The fourth-order valence-electron chi connectivity index (χ4n) is 2.72. The summed E-state index contributed by atoms with van der Waals surface area (Å²) in [4.78, 5) is 4.23. The second-order valence-electron chi connectivity index (χ2n) is 5.45. The number of hydrogen-bond acceptors (Lipinski definition) is 3. The van der Waals surface area contributed by atoms with Crippen LogP contribution >= 0.6 is 0 Å². The zero-order valence-electron chi connectivity index (χ0n) is 12.0. The smallest absolute Gasteiger partial charge is 0.120 e. The normalized spacial score (nSPS) is 17.9. The van der Waals surface area contributed by atoms with Gasteiger partial charge in [0.2, 0.25) is 0 Å². The molecule has 2 heterocycles. The van der Waals surface area contributed by atoms with E-state index in [-0.39, 0.29) is 12.1 Å². The Hall–Kier alpha value is -1.87. The molecule has 0 aliphatic carbocycles. The van der Waals surface area contributed by atoms with Crippen molar-refractivity contribution in [2.24, 2.45) is 0 Å². The number of ether oxygens (including phenoxy) is 1. The molecule has 0 amide bonds. The molecule has 1 unspecified atom stereocenters. The van der Waals surface area contributed by atoms with Gasteiger partial charge in [0.15, 0.2) is 0 Å².